The van der Waals surface area contributed by atoms with Gasteiger partial charge in [-0.2, -0.15) is 0 Å². The Morgan fingerprint density at radius 3 is 2.19 bits per heavy atom. The molecule has 5 aromatic rings. The summed E-state index contributed by atoms with van der Waals surface area (Å²) in [5.41, 5.74) is 6.04. The molecule has 0 aliphatic heterocycles. The van der Waals surface area contributed by atoms with Gasteiger partial charge in [0.05, 0.1) is 24.0 Å². The van der Waals surface area contributed by atoms with Gasteiger partial charge in [0.1, 0.15) is 5.82 Å². The second kappa shape index (κ2) is 11.0. The first-order valence-corrected chi connectivity index (χ1v) is 12.6. The van der Waals surface area contributed by atoms with E-state index in [4.69, 9.17) is 28.2 Å². The molecule has 0 atom stereocenters. The summed E-state index contributed by atoms with van der Waals surface area (Å²) >= 11 is 12.9. The monoisotopic (exact) mass is 513 g/mol. The number of rotatable bonds is 8. The van der Waals surface area contributed by atoms with E-state index < -0.39 is 0 Å². The van der Waals surface area contributed by atoms with Gasteiger partial charge in [-0.05, 0) is 41.0 Å². The Balaban J connectivity index is 1.24. The van der Waals surface area contributed by atoms with Gasteiger partial charge in [0.25, 0.3) is 0 Å². The van der Waals surface area contributed by atoms with Crippen molar-refractivity contribution in [3.05, 3.63) is 124 Å². The molecule has 4 aromatic carbocycles. The molecule has 0 aliphatic carbocycles. The number of nitrogens with zero attached hydrogens (tertiary/aromatic N) is 2. The van der Waals surface area contributed by atoms with Gasteiger partial charge in [0.15, 0.2) is 0 Å². The highest BCUT2D eigenvalue weighted by atomic mass is 35.5. The van der Waals surface area contributed by atoms with Gasteiger partial charge in [-0.25, -0.2) is 4.98 Å². The molecule has 5 rings (SSSR count). The minimum absolute atomic E-state index is 0.0146. The Morgan fingerprint density at radius 1 is 0.778 bits per heavy atom. The third-order valence-corrected chi connectivity index (χ3v) is 6.92. The molecule has 180 valence electrons. The van der Waals surface area contributed by atoms with Crippen LogP contribution in [0.25, 0.3) is 22.2 Å². The average Bonchev–Trinajstić information content (AvgIpc) is 3.24. The summed E-state index contributed by atoms with van der Waals surface area (Å²) in [6, 6.07) is 31.8. The van der Waals surface area contributed by atoms with Gasteiger partial charge in [-0.3, -0.25) is 4.79 Å². The lowest BCUT2D eigenvalue weighted by atomic mass is 10.0. The summed E-state index contributed by atoms with van der Waals surface area (Å²) in [6.07, 6.45) is 0.927. The van der Waals surface area contributed by atoms with Gasteiger partial charge in [-0.15, -0.1) is 0 Å². The molecule has 1 amide bonds. The number of hydrogen-bond donors (Lipinski definition) is 1. The minimum atomic E-state index is -0.0146. The van der Waals surface area contributed by atoms with Crippen molar-refractivity contribution in [1.82, 2.24) is 14.9 Å². The fraction of sp³-hybridized carbons (Fsp3) is 0.133. The molecule has 0 spiro atoms. The molecule has 4 nitrogen and oxygen atoms in total. The molecule has 6 heteroatoms. The second-order valence-corrected chi connectivity index (χ2v) is 9.46. The van der Waals surface area contributed by atoms with Crippen molar-refractivity contribution >= 4 is 40.1 Å². The van der Waals surface area contributed by atoms with Crippen LogP contribution in [0.4, 0.5) is 0 Å². The maximum Gasteiger partial charge on any atom is 0.224 e. The van der Waals surface area contributed by atoms with Crippen molar-refractivity contribution in [2.45, 2.75) is 19.4 Å². The minimum Gasteiger partial charge on any atom is -0.355 e. The van der Waals surface area contributed by atoms with E-state index in [9.17, 15) is 4.79 Å². The number of nitrogens with one attached hydrogen (secondary N) is 1. The molecule has 1 heterocycles. The molecule has 1 N–H and O–H groups in total. The van der Waals surface area contributed by atoms with Crippen LogP contribution in [0.3, 0.4) is 0 Å². The highest BCUT2D eigenvalue weighted by Crippen LogP contribution is 2.27. The predicted octanol–water partition coefficient (Wildman–Crippen LogP) is 6.96. The summed E-state index contributed by atoms with van der Waals surface area (Å²) in [7, 11) is 0. The zero-order valence-electron chi connectivity index (χ0n) is 19.6. The Hall–Kier alpha value is -3.60. The van der Waals surface area contributed by atoms with Crippen LogP contribution in [0.2, 0.25) is 10.0 Å². The van der Waals surface area contributed by atoms with Crippen LogP contribution in [-0.2, 0) is 24.2 Å². The third kappa shape index (κ3) is 5.46. The van der Waals surface area contributed by atoms with Crippen LogP contribution >= 0.6 is 23.2 Å². The first kappa shape index (κ1) is 24.1. The zero-order valence-corrected chi connectivity index (χ0v) is 21.1. The third-order valence-electron chi connectivity index (χ3n) is 6.21. The zero-order chi connectivity index (χ0) is 24.9. The first-order valence-electron chi connectivity index (χ1n) is 11.9. The number of amides is 1. The summed E-state index contributed by atoms with van der Waals surface area (Å²) in [6.45, 7) is 0.997. The highest BCUT2D eigenvalue weighted by Gasteiger charge is 2.14. The molecule has 0 bridgehead atoms. The van der Waals surface area contributed by atoms with E-state index in [1.165, 1.54) is 0 Å². The molecular weight excluding hydrogens is 489 g/mol. The number of hydrogen-bond acceptors (Lipinski definition) is 2. The quantitative estimate of drug-likeness (QED) is 0.243. The number of imidazole rings is 1. The van der Waals surface area contributed by atoms with Crippen molar-refractivity contribution in [2.75, 3.05) is 6.54 Å². The molecule has 0 saturated carbocycles. The predicted molar refractivity (Wildman–Crippen MR) is 148 cm³/mol. The van der Waals surface area contributed by atoms with Crippen LogP contribution in [-0.4, -0.2) is 22.0 Å². The number of benzene rings is 4. The van der Waals surface area contributed by atoms with Gasteiger partial charge in [0, 0.05) is 28.6 Å². The molecule has 0 unspecified atom stereocenters. The van der Waals surface area contributed by atoms with Crippen LogP contribution in [0.15, 0.2) is 97.1 Å². The van der Waals surface area contributed by atoms with E-state index in [1.54, 1.807) is 0 Å². The van der Waals surface area contributed by atoms with Crippen LogP contribution < -0.4 is 5.32 Å². The molecule has 0 radical (unpaired) electrons. The number of carbonyl (C=O) groups excluding carboxylic acids is 1. The Kier molecular flexibility index (Phi) is 7.36. The van der Waals surface area contributed by atoms with Crippen LogP contribution in [0, 0.1) is 0 Å². The number of aromatic nitrogens is 2. The van der Waals surface area contributed by atoms with E-state index in [-0.39, 0.29) is 5.91 Å². The number of para-hydroxylation sites is 2. The van der Waals surface area contributed by atoms with Gasteiger partial charge in [0.2, 0.25) is 5.91 Å². The van der Waals surface area contributed by atoms with E-state index in [1.807, 2.05) is 72.8 Å². The molecule has 36 heavy (non-hydrogen) atoms. The van der Waals surface area contributed by atoms with E-state index in [0.29, 0.717) is 36.0 Å². The van der Waals surface area contributed by atoms with Gasteiger partial charge < -0.3 is 9.88 Å². The second-order valence-electron chi connectivity index (χ2n) is 8.64. The standard InChI is InChI=1S/C30H25Cl2N3O/c31-25-9-6-10-26(32)24(25)20-35-28-12-5-4-11-27(28)34-29(35)17-18-33-30(36)19-21-13-15-23(16-14-21)22-7-2-1-3-8-22/h1-16H,17-20H2,(H,33,36). The lowest BCUT2D eigenvalue weighted by Gasteiger charge is -2.13. The summed E-state index contributed by atoms with van der Waals surface area (Å²) in [5.74, 6) is 0.860. The lowest BCUT2D eigenvalue weighted by molar-refractivity contribution is -0.120. The lowest BCUT2D eigenvalue weighted by Crippen LogP contribution is -2.28. The maximum atomic E-state index is 12.6. The van der Waals surface area contributed by atoms with Gasteiger partial charge >= 0.3 is 0 Å². The summed E-state index contributed by atoms with van der Waals surface area (Å²) in [5, 5.41) is 4.29. The first-order chi connectivity index (χ1) is 17.6. The van der Waals surface area contributed by atoms with E-state index in [2.05, 4.69) is 34.1 Å². The number of fused-ring (bicyclic) bond motifs is 1. The van der Waals surface area contributed by atoms with E-state index in [0.717, 1.165) is 39.1 Å². The Labute approximate surface area is 220 Å². The normalized spacial score (nSPS) is 11.1. The average molecular weight is 514 g/mol. The summed E-state index contributed by atoms with van der Waals surface area (Å²) < 4.78 is 2.12. The summed E-state index contributed by atoms with van der Waals surface area (Å²) in [4.78, 5) is 17.4. The van der Waals surface area contributed by atoms with E-state index >= 15 is 0 Å². The maximum absolute atomic E-state index is 12.6. The van der Waals surface area contributed by atoms with Crippen LogP contribution in [0.1, 0.15) is 17.0 Å². The number of carbonyl (C=O) groups is 1. The van der Waals surface area contributed by atoms with Crippen molar-refractivity contribution in [1.29, 1.82) is 0 Å². The molecule has 0 fully saturated rings. The van der Waals surface area contributed by atoms with Crippen LogP contribution in [0.5, 0.6) is 0 Å². The SMILES string of the molecule is O=C(Cc1ccc(-c2ccccc2)cc1)NCCc1nc2ccccc2n1Cc1c(Cl)cccc1Cl. The molecule has 1 aromatic heterocycles. The smallest absolute Gasteiger partial charge is 0.224 e. The topological polar surface area (TPSA) is 46.9 Å². The molecular formula is C30H25Cl2N3O. The fourth-order valence-electron chi connectivity index (χ4n) is 4.34. The van der Waals surface area contributed by atoms with Gasteiger partial charge in [-0.1, -0.05) is 96.0 Å². The fourth-order valence-corrected chi connectivity index (χ4v) is 4.86. The Morgan fingerprint density at radius 2 is 1.44 bits per heavy atom. The Bertz CT molecular complexity index is 1470. The molecule has 0 saturated heterocycles. The van der Waals surface area contributed by atoms with Crippen molar-refractivity contribution in [3.63, 3.8) is 0 Å². The largest absolute Gasteiger partial charge is 0.355 e. The van der Waals surface area contributed by atoms with Crippen molar-refractivity contribution in [3.8, 4) is 11.1 Å². The van der Waals surface area contributed by atoms with Crippen molar-refractivity contribution in [2.24, 2.45) is 0 Å². The van der Waals surface area contributed by atoms with Crippen molar-refractivity contribution < 1.29 is 4.79 Å². The molecule has 0 aliphatic rings. The highest BCUT2D eigenvalue weighted by molar-refractivity contribution is 6.36. The number of halogens is 2.